The van der Waals surface area contributed by atoms with Crippen molar-refractivity contribution in [3.63, 3.8) is 0 Å². The van der Waals surface area contributed by atoms with E-state index in [1.54, 1.807) is 6.21 Å². The number of benzene rings is 1. The number of rotatable bonds is 4. The molecule has 0 saturated carbocycles. The molecular weight excluding hydrogens is 340 g/mol. The lowest BCUT2D eigenvalue weighted by Gasteiger charge is -2.16. The number of esters is 1. The molecule has 0 atom stereocenters. The van der Waals surface area contributed by atoms with E-state index in [2.05, 4.69) is 44.2 Å². The largest absolute Gasteiger partial charge is 0.466 e. The number of anilines is 1. The van der Waals surface area contributed by atoms with Gasteiger partial charge in [0.1, 0.15) is 0 Å². The van der Waals surface area contributed by atoms with Crippen LogP contribution in [0, 0.1) is 0 Å². The topological polar surface area (TPSA) is 83.4 Å². The predicted molar refractivity (Wildman–Crippen MR) is 98.9 cm³/mol. The number of nitrogens with zero attached hydrogens (tertiary/aromatic N) is 3. The lowest BCUT2D eigenvalue weighted by atomic mass is 10.1. The number of nitrogens with one attached hydrogen (secondary N) is 1. The summed E-state index contributed by atoms with van der Waals surface area (Å²) >= 11 is 1.05. The molecule has 0 unspecified atom stereocenters. The number of hydrogen-bond donors (Lipinski definition) is 1. The van der Waals surface area contributed by atoms with Crippen LogP contribution in [0.2, 0.25) is 0 Å². The first-order chi connectivity index (χ1) is 12.1. The van der Waals surface area contributed by atoms with Gasteiger partial charge in [0.05, 0.1) is 18.2 Å². The molecule has 1 aromatic rings. The molecule has 0 aromatic heterocycles. The third-order valence-corrected chi connectivity index (χ3v) is 4.83. The number of methoxy groups -OCH3 is 1. The summed E-state index contributed by atoms with van der Waals surface area (Å²) in [7, 11) is 1.26. The van der Waals surface area contributed by atoms with Crippen LogP contribution in [0.15, 0.2) is 39.4 Å². The molecule has 1 N–H and O–H groups in total. The molecule has 2 heterocycles. The number of carbonyl (C=O) groups excluding carboxylic acids is 2. The molecule has 1 aromatic carbocycles. The van der Waals surface area contributed by atoms with Crippen LogP contribution >= 0.6 is 11.8 Å². The second kappa shape index (κ2) is 7.52. The van der Waals surface area contributed by atoms with Crippen molar-refractivity contribution >= 4 is 40.7 Å². The number of fused-ring (bicyclic) bond motifs is 1. The van der Waals surface area contributed by atoms with Gasteiger partial charge in [-0.25, -0.2) is 4.79 Å². The van der Waals surface area contributed by atoms with E-state index >= 15 is 0 Å². The van der Waals surface area contributed by atoms with Crippen LogP contribution < -0.4 is 10.2 Å². The first kappa shape index (κ1) is 17.2. The Hall–Kier alpha value is -2.61. The second-order valence-electron chi connectivity index (χ2n) is 5.46. The Morgan fingerprint density at radius 2 is 2.32 bits per heavy atom. The van der Waals surface area contributed by atoms with Gasteiger partial charge >= 0.3 is 5.97 Å². The highest BCUT2D eigenvalue weighted by Crippen LogP contribution is 2.28. The van der Waals surface area contributed by atoms with Crippen LogP contribution in [0.3, 0.4) is 0 Å². The van der Waals surface area contributed by atoms with Gasteiger partial charge in [-0.3, -0.25) is 10.1 Å². The Labute approximate surface area is 149 Å². The smallest absolute Gasteiger partial charge is 0.331 e. The Bertz CT molecular complexity index is 801. The summed E-state index contributed by atoms with van der Waals surface area (Å²) in [6, 6.07) is 6.21. The van der Waals surface area contributed by atoms with Crippen molar-refractivity contribution in [3.8, 4) is 0 Å². The second-order valence-corrected chi connectivity index (χ2v) is 6.49. The zero-order valence-corrected chi connectivity index (χ0v) is 14.8. The van der Waals surface area contributed by atoms with Crippen LogP contribution in [0.1, 0.15) is 18.1 Å². The molecule has 3 rings (SSSR count). The van der Waals surface area contributed by atoms with E-state index in [0.717, 1.165) is 42.9 Å². The summed E-state index contributed by atoms with van der Waals surface area (Å²) in [6.45, 7) is 4.20. The molecule has 0 radical (unpaired) electrons. The molecule has 7 nitrogen and oxygen atoms in total. The summed E-state index contributed by atoms with van der Waals surface area (Å²) in [6.07, 6.45) is 3.82. The minimum Gasteiger partial charge on any atom is -0.466 e. The zero-order valence-electron chi connectivity index (χ0n) is 14.0. The number of hydrogen-bond acceptors (Lipinski definition) is 7. The Morgan fingerprint density at radius 1 is 1.48 bits per heavy atom. The minimum atomic E-state index is -0.582. The SMILES string of the molecule is CCN1CCc2cc(C=N/N=C3/NC(=O)/C(=C\C(=O)OC)S3)ccc21. The van der Waals surface area contributed by atoms with Gasteiger partial charge in [-0.05, 0) is 48.4 Å². The van der Waals surface area contributed by atoms with Crippen LogP contribution in [0.25, 0.3) is 0 Å². The van der Waals surface area contributed by atoms with Gasteiger partial charge < -0.3 is 9.64 Å². The summed E-state index contributed by atoms with van der Waals surface area (Å²) in [5, 5.41) is 10.9. The van der Waals surface area contributed by atoms with Gasteiger partial charge in [-0.2, -0.15) is 5.10 Å². The third kappa shape index (κ3) is 3.90. The number of likely N-dealkylation sites (N-methyl/N-ethyl adjacent to an activating group) is 1. The van der Waals surface area contributed by atoms with Crippen LogP contribution in [0.4, 0.5) is 5.69 Å². The molecule has 1 saturated heterocycles. The average Bonchev–Trinajstić information content (AvgIpc) is 3.17. The van der Waals surface area contributed by atoms with Crippen LogP contribution in [-0.4, -0.2) is 43.5 Å². The molecule has 0 spiro atoms. The Morgan fingerprint density at radius 3 is 3.08 bits per heavy atom. The molecule has 2 aliphatic heterocycles. The maximum absolute atomic E-state index is 11.7. The number of ether oxygens (including phenoxy) is 1. The molecule has 1 fully saturated rings. The first-order valence-electron chi connectivity index (χ1n) is 7.88. The van der Waals surface area contributed by atoms with Gasteiger partial charge in [-0.15, -0.1) is 5.10 Å². The fraction of sp³-hybridized carbons (Fsp3) is 0.294. The van der Waals surface area contributed by atoms with Crippen molar-refractivity contribution in [2.24, 2.45) is 10.2 Å². The van der Waals surface area contributed by atoms with Crippen LogP contribution in [0.5, 0.6) is 0 Å². The summed E-state index contributed by atoms with van der Waals surface area (Å²) in [4.78, 5) is 25.5. The average molecular weight is 358 g/mol. The first-order valence-corrected chi connectivity index (χ1v) is 8.70. The lowest BCUT2D eigenvalue weighted by molar-refractivity contribution is -0.135. The highest BCUT2D eigenvalue weighted by atomic mass is 32.2. The molecule has 1 amide bonds. The molecule has 8 heteroatoms. The van der Waals surface area contributed by atoms with E-state index in [9.17, 15) is 9.59 Å². The third-order valence-electron chi connectivity index (χ3n) is 3.93. The van der Waals surface area contributed by atoms with E-state index in [-0.39, 0.29) is 10.8 Å². The molecule has 0 aliphatic carbocycles. The summed E-state index contributed by atoms with van der Waals surface area (Å²) < 4.78 is 4.51. The van der Waals surface area contributed by atoms with E-state index in [1.165, 1.54) is 18.4 Å². The van der Waals surface area contributed by atoms with Gasteiger partial charge in [0.2, 0.25) is 0 Å². The lowest BCUT2D eigenvalue weighted by Crippen LogP contribution is -2.19. The van der Waals surface area contributed by atoms with Crippen molar-refractivity contribution in [2.45, 2.75) is 13.3 Å². The van der Waals surface area contributed by atoms with Crippen molar-refractivity contribution in [2.75, 3.05) is 25.1 Å². The molecule has 2 aliphatic rings. The molecule has 25 heavy (non-hydrogen) atoms. The Kier molecular flexibility index (Phi) is 5.18. The highest BCUT2D eigenvalue weighted by molar-refractivity contribution is 8.18. The molecular formula is C17H18N4O3S. The molecule has 130 valence electrons. The van der Waals surface area contributed by atoms with Crippen molar-refractivity contribution in [3.05, 3.63) is 40.3 Å². The monoisotopic (exact) mass is 358 g/mol. The minimum absolute atomic E-state index is 0.234. The van der Waals surface area contributed by atoms with Gasteiger partial charge in [0.25, 0.3) is 5.91 Å². The molecule has 0 bridgehead atoms. The van der Waals surface area contributed by atoms with Crippen molar-refractivity contribution in [1.29, 1.82) is 0 Å². The highest BCUT2D eigenvalue weighted by Gasteiger charge is 2.25. The van der Waals surface area contributed by atoms with Gasteiger partial charge in [0, 0.05) is 24.9 Å². The van der Waals surface area contributed by atoms with Crippen LogP contribution in [-0.2, 0) is 20.7 Å². The predicted octanol–water partition coefficient (Wildman–Crippen LogP) is 1.68. The van der Waals surface area contributed by atoms with E-state index < -0.39 is 5.97 Å². The number of carbonyl (C=O) groups is 2. The summed E-state index contributed by atoms with van der Waals surface area (Å²) in [5.74, 6) is -0.969. The van der Waals surface area contributed by atoms with Gasteiger partial charge in [0.15, 0.2) is 5.17 Å². The van der Waals surface area contributed by atoms with E-state index in [4.69, 9.17) is 0 Å². The number of amides is 1. The maximum Gasteiger partial charge on any atom is 0.331 e. The normalized spacial score (nSPS) is 19.8. The van der Waals surface area contributed by atoms with Gasteiger partial charge in [-0.1, -0.05) is 6.07 Å². The summed E-state index contributed by atoms with van der Waals surface area (Å²) in [5.41, 5.74) is 3.55. The fourth-order valence-corrected chi connectivity index (χ4v) is 3.43. The van der Waals surface area contributed by atoms with E-state index in [1.807, 2.05) is 6.07 Å². The zero-order chi connectivity index (χ0) is 17.8. The fourth-order valence-electron chi connectivity index (χ4n) is 2.69. The standard InChI is InChI=1S/C17H18N4O3S/c1-3-21-7-6-12-8-11(4-5-13(12)21)10-18-20-17-19-16(23)14(25-17)9-15(22)24-2/h4-5,8-10H,3,6-7H2,1-2H3,(H,19,20,23)/b14-9+,18-10?. The maximum atomic E-state index is 11.7. The van der Waals surface area contributed by atoms with E-state index in [0.29, 0.717) is 5.17 Å². The number of thioether (sulfide) groups is 1. The Balaban J connectivity index is 1.68. The van der Waals surface area contributed by atoms with Crippen molar-refractivity contribution < 1.29 is 14.3 Å². The quantitative estimate of drug-likeness (QED) is 0.383. The number of amidine groups is 1. The van der Waals surface area contributed by atoms with Crippen molar-refractivity contribution in [1.82, 2.24) is 5.32 Å².